The fourth-order valence-electron chi connectivity index (χ4n) is 7.74. The lowest BCUT2D eigenvalue weighted by Gasteiger charge is -2.14. The van der Waals surface area contributed by atoms with Crippen molar-refractivity contribution < 1.29 is 9.15 Å². The highest BCUT2D eigenvalue weighted by Crippen LogP contribution is 2.46. The number of benzene rings is 7. The highest BCUT2D eigenvalue weighted by Gasteiger charge is 2.27. The van der Waals surface area contributed by atoms with Gasteiger partial charge in [-0.15, -0.1) is 0 Å². The summed E-state index contributed by atoms with van der Waals surface area (Å²) in [5, 5.41) is 15.8. The number of hydrogen-bond donors (Lipinski definition) is 1. The number of aliphatic imine (C=N–C) groups is 1. The molecular formula is C50H42N2O2. The topological polar surface area (TPSA) is 58.6 Å². The zero-order valence-electron chi connectivity index (χ0n) is 30.9. The van der Waals surface area contributed by atoms with Crippen LogP contribution < -0.4 is 4.74 Å². The van der Waals surface area contributed by atoms with Crippen molar-refractivity contribution in [2.75, 3.05) is 0 Å². The third kappa shape index (κ3) is 6.10. The van der Waals surface area contributed by atoms with E-state index in [0.717, 1.165) is 41.6 Å². The number of aryl methyl sites for hydroxylation is 1. The minimum absolute atomic E-state index is 0.376. The van der Waals surface area contributed by atoms with Gasteiger partial charge in [0, 0.05) is 16.3 Å². The largest absolute Gasteiger partial charge is 0.456 e. The van der Waals surface area contributed by atoms with Gasteiger partial charge in [0.25, 0.3) is 0 Å². The Morgan fingerprint density at radius 3 is 2.19 bits per heavy atom. The molecule has 2 aliphatic rings. The van der Waals surface area contributed by atoms with Crippen molar-refractivity contribution in [3.8, 4) is 28.0 Å². The first-order valence-corrected chi connectivity index (χ1v) is 18.8. The normalized spacial score (nSPS) is 14.5. The lowest BCUT2D eigenvalue weighted by Crippen LogP contribution is -2.04. The summed E-state index contributed by atoms with van der Waals surface area (Å²) in [6, 6.07) is 44.6. The van der Waals surface area contributed by atoms with Gasteiger partial charge in [-0.1, -0.05) is 135 Å². The molecule has 10 rings (SSSR count). The Hall–Kier alpha value is -6.52. The number of para-hydroxylation sites is 1. The molecule has 0 saturated carbocycles. The first kappa shape index (κ1) is 34.6. The number of furan rings is 1. The fraction of sp³-hybridized carbons (Fsp3) is 0.120. The Morgan fingerprint density at radius 1 is 0.648 bits per heavy atom. The van der Waals surface area contributed by atoms with Crippen molar-refractivity contribution in [2.24, 2.45) is 4.99 Å². The van der Waals surface area contributed by atoms with Crippen LogP contribution in [0.1, 0.15) is 44.2 Å². The maximum Gasteiger partial charge on any atom is 0.179 e. The predicted octanol–water partition coefficient (Wildman–Crippen LogP) is 14.0. The Kier molecular flexibility index (Phi) is 9.50. The summed E-state index contributed by atoms with van der Waals surface area (Å²) in [5.74, 6) is 1.21. The van der Waals surface area contributed by atoms with E-state index in [0.29, 0.717) is 22.9 Å². The fourth-order valence-corrected chi connectivity index (χ4v) is 7.74. The first-order chi connectivity index (χ1) is 26.6. The molecule has 8 aromatic rings. The van der Waals surface area contributed by atoms with Gasteiger partial charge in [0.2, 0.25) is 0 Å². The third-order valence-corrected chi connectivity index (χ3v) is 10.1. The number of rotatable bonds is 4. The second-order valence-corrected chi connectivity index (χ2v) is 13.4. The van der Waals surface area contributed by atoms with E-state index in [1.54, 1.807) is 0 Å². The van der Waals surface area contributed by atoms with E-state index in [2.05, 4.69) is 134 Å². The molecule has 0 radical (unpaired) electrons. The van der Waals surface area contributed by atoms with Crippen molar-refractivity contribution in [1.82, 2.24) is 0 Å². The second-order valence-electron chi connectivity index (χ2n) is 13.4. The van der Waals surface area contributed by atoms with Gasteiger partial charge in [-0.05, 0) is 113 Å². The summed E-state index contributed by atoms with van der Waals surface area (Å²) in [7, 11) is 0. The average Bonchev–Trinajstić information content (AvgIpc) is 3.63. The first-order valence-electron chi connectivity index (χ1n) is 18.8. The maximum atomic E-state index is 8.27. The zero-order chi connectivity index (χ0) is 37.2. The summed E-state index contributed by atoms with van der Waals surface area (Å²) < 4.78 is 12.2. The highest BCUT2D eigenvalue weighted by molar-refractivity contribution is 6.35. The van der Waals surface area contributed by atoms with Crippen LogP contribution in [0.15, 0.2) is 172 Å². The van der Waals surface area contributed by atoms with Crippen molar-refractivity contribution in [3.63, 3.8) is 0 Å². The van der Waals surface area contributed by atoms with Crippen LogP contribution in [0.3, 0.4) is 0 Å². The minimum Gasteiger partial charge on any atom is -0.456 e. The van der Waals surface area contributed by atoms with Gasteiger partial charge in [0.1, 0.15) is 28.3 Å². The molecule has 4 heteroatoms. The number of allylic oxidation sites excluding steroid dienone is 4. The van der Waals surface area contributed by atoms with Crippen LogP contribution in [-0.2, 0) is 0 Å². The molecule has 1 N–H and O–H groups in total. The molecule has 0 saturated heterocycles. The molecule has 7 aromatic carbocycles. The molecule has 0 atom stereocenters. The predicted molar refractivity (Wildman–Crippen MR) is 228 cm³/mol. The molecule has 0 spiro atoms. The maximum absolute atomic E-state index is 8.27. The van der Waals surface area contributed by atoms with Crippen LogP contribution in [-0.4, -0.2) is 12.4 Å². The number of fused-ring (bicyclic) bond motifs is 4. The Balaban J connectivity index is 0.000000162. The van der Waals surface area contributed by atoms with Crippen LogP contribution in [0.4, 0.5) is 0 Å². The van der Waals surface area contributed by atoms with E-state index >= 15 is 0 Å². The van der Waals surface area contributed by atoms with E-state index < -0.39 is 0 Å². The van der Waals surface area contributed by atoms with Crippen molar-refractivity contribution in [2.45, 2.75) is 40.0 Å². The summed E-state index contributed by atoms with van der Waals surface area (Å²) >= 11 is 0. The molecule has 0 fully saturated rings. The van der Waals surface area contributed by atoms with Gasteiger partial charge in [0.15, 0.2) is 5.76 Å². The SMILES string of the molecule is C=N/C(C1=CCCCC=C1)=C1/Oc2ccccc2C1=N.CC.Cc1cccc(-c2cccc3c4cc(-c5ccccc5)cc5oc6cccc(c23)c6c54)c1. The number of ether oxygens (including phenoxy) is 1. The molecule has 1 aromatic heterocycles. The van der Waals surface area contributed by atoms with E-state index in [9.17, 15) is 0 Å². The van der Waals surface area contributed by atoms with Crippen LogP contribution in [0.2, 0.25) is 0 Å². The second kappa shape index (κ2) is 14.8. The number of nitrogens with one attached hydrogen (secondary N) is 1. The standard InChI is InChI=1S/C31H20O.C17H16N2O.C2H6/c1-19-8-5-11-21(16-19)23-12-6-13-24-26-17-22(20-9-3-2-4-10-20)18-28-31(26)30-25(29(23)24)14-7-15-27(30)32-28;1-19-16(12-8-4-2-3-5-9-12)17-15(18)13-10-6-7-11-14(13)20-17;1-2/h2-18H,1H3;4,6-11,18H,1-3,5H2;1-2H3/b;17-16+,18-15?;. The monoisotopic (exact) mass is 702 g/mol. The van der Waals surface area contributed by atoms with Gasteiger partial charge in [-0.25, -0.2) is 0 Å². The molecule has 1 aliphatic carbocycles. The Bertz CT molecular complexity index is 2780. The van der Waals surface area contributed by atoms with Crippen LogP contribution in [0, 0.1) is 12.3 Å². The zero-order valence-corrected chi connectivity index (χ0v) is 30.9. The highest BCUT2D eigenvalue weighted by atomic mass is 16.5. The average molecular weight is 703 g/mol. The van der Waals surface area contributed by atoms with Gasteiger partial charge in [0.05, 0.1) is 0 Å². The lowest BCUT2D eigenvalue weighted by molar-refractivity contribution is 0.463. The summed E-state index contributed by atoms with van der Waals surface area (Å²) in [4.78, 5) is 4.11. The number of nitrogens with zero attached hydrogens (tertiary/aromatic N) is 1. The van der Waals surface area contributed by atoms with Crippen LogP contribution in [0.25, 0.3) is 65.7 Å². The van der Waals surface area contributed by atoms with E-state index in [-0.39, 0.29) is 0 Å². The van der Waals surface area contributed by atoms with Crippen molar-refractivity contribution >= 4 is 55.9 Å². The summed E-state index contributed by atoms with van der Waals surface area (Å²) in [6.45, 7) is 9.80. The number of hydrogen-bond acceptors (Lipinski definition) is 4. The molecule has 0 bridgehead atoms. The van der Waals surface area contributed by atoms with Gasteiger partial charge >= 0.3 is 0 Å². The van der Waals surface area contributed by atoms with Crippen molar-refractivity contribution in [3.05, 3.63) is 174 Å². The molecule has 2 heterocycles. The van der Waals surface area contributed by atoms with Gasteiger partial charge in [-0.3, -0.25) is 10.4 Å². The molecule has 1 aliphatic heterocycles. The Labute approximate surface area is 316 Å². The van der Waals surface area contributed by atoms with Gasteiger partial charge in [-0.2, -0.15) is 0 Å². The molecule has 0 amide bonds. The summed E-state index contributed by atoms with van der Waals surface area (Å²) in [5.41, 5.74) is 10.9. The van der Waals surface area contributed by atoms with E-state index in [1.165, 1.54) is 60.1 Å². The van der Waals surface area contributed by atoms with Crippen LogP contribution in [0.5, 0.6) is 5.75 Å². The molecule has 54 heavy (non-hydrogen) atoms. The molecule has 264 valence electrons. The molecular weight excluding hydrogens is 661 g/mol. The van der Waals surface area contributed by atoms with Crippen LogP contribution >= 0.6 is 0 Å². The van der Waals surface area contributed by atoms with E-state index in [4.69, 9.17) is 14.6 Å². The van der Waals surface area contributed by atoms with E-state index in [1.807, 2.05) is 44.2 Å². The lowest BCUT2D eigenvalue weighted by atomic mass is 9.88. The quantitative estimate of drug-likeness (QED) is 0.147. The third-order valence-electron chi connectivity index (χ3n) is 10.1. The summed E-state index contributed by atoms with van der Waals surface area (Å²) in [6.07, 6.45) is 9.53. The molecule has 0 unspecified atom stereocenters. The minimum atomic E-state index is 0.376. The smallest absolute Gasteiger partial charge is 0.179 e. The van der Waals surface area contributed by atoms with Gasteiger partial charge < -0.3 is 9.15 Å². The molecule has 4 nitrogen and oxygen atoms in total. The Morgan fingerprint density at radius 2 is 1.37 bits per heavy atom. The van der Waals surface area contributed by atoms with Crippen molar-refractivity contribution in [1.29, 1.82) is 5.41 Å².